The van der Waals surface area contributed by atoms with Crippen molar-refractivity contribution in [1.29, 1.82) is 0 Å². The quantitative estimate of drug-likeness (QED) is 0.535. The summed E-state index contributed by atoms with van der Waals surface area (Å²) in [4.78, 5) is 0. The zero-order valence-electron chi connectivity index (χ0n) is 7.15. The van der Waals surface area contributed by atoms with Gasteiger partial charge in [-0.15, -0.1) is 0 Å². The topological polar surface area (TPSA) is 0 Å². The van der Waals surface area contributed by atoms with Crippen LogP contribution in [0.1, 0.15) is 30.4 Å². The lowest BCUT2D eigenvalue weighted by Gasteiger charge is -2.04. The molecule has 1 aromatic rings. The molecule has 2 rings (SSSR count). The SMILES string of the molecule is Clc1ccc2c(c1)CCCCC2. The van der Waals surface area contributed by atoms with Crippen LogP contribution in [-0.2, 0) is 12.8 Å². The molecule has 0 fully saturated rings. The van der Waals surface area contributed by atoms with Crippen molar-refractivity contribution >= 4 is 11.6 Å². The first-order chi connectivity index (χ1) is 5.86. The van der Waals surface area contributed by atoms with Gasteiger partial charge >= 0.3 is 0 Å². The van der Waals surface area contributed by atoms with Crippen molar-refractivity contribution in [2.45, 2.75) is 32.1 Å². The lowest BCUT2D eigenvalue weighted by Crippen LogP contribution is -1.89. The van der Waals surface area contributed by atoms with Crippen LogP contribution in [0.2, 0.25) is 5.02 Å². The molecule has 0 aliphatic heterocycles. The largest absolute Gasteiger partial charge is 0.0843 e. The molecule has 0 nitrogen and oxygen atoms in total. The van der Waals surface area contributed by atoms with Crippen molar-refractivity contribution < 1.29 is 0 Å². The number of aryl methyl sites for hydroxylation is 2. The molecule has 12 heavy (non-hydrogen) atoms. The monoisotopic (exact) mass is 180 g/mol. The van der Waals surface area contributed by atoms with Crippen molar-refractivity contribution in [2.24, 2.45) is 0 Å². The summed E-state index contributed by atoms with van der Waals surface area (Å²) in [5, 5.41) is 0.885. The molecule has 0 heterocycles. The van der Waals surface area contributed by atoms with E-state index in [2.05, 4.69) is 12.1 Å². The minimum atomic E-state index is 0.885. The minimum absolute atomic E-state index is 0.885. The third kappa shape index (κ3) is 1.64. The lowest BCUT2D eigenvalue weighted by molar-refractivity contribution is 0.711. The van der Waals surface area contributed by atoms with E-state index < -0.39 is 0 Å². The maximum atomic E-state index is 5.93. The predicted octanol–water partition coefficient (Wildman–Crippen LogP) is 3.61. The molecule has 0 spiro atoms. The fraction of sp³-hybridized carbons (Fsp3) is 0.455. The number of fused-ring (bicyclic) bond motifs is 1. The van der Waals surface area contributed by atoms with E-state index in [0.29, 0.717) is 0 Å². The number of rotatable bonds is 0. The van der Waals surface area contributed by atoms with Gasteiger partial charge in [0.25, 0.3) is 0 Å². The second-order valence-corrected chi connectivity index (χ2v) is 3.91. The molecule has 0 saturated heterocycles. The van der Waals surface area contributed by atoms with E-state index in [1.165, 1.54) is 43.2 Å². The second kappa shape index (κ2) is 3.49. The highest BCUT2D eigenvalue weighted by Crippen LogP contribution is 2.23. The van der Waals surface area contributed by atoms with E-state index in [4.69, 9.17) is 11.6 Å². The molecule has 1 heteroatoms. The predicted molar refractivity (Wildman–Crippen MR) is 52.7 cm³/mol. The van der Waals surface area contributed by atoms with Gasteiger partial charge in [-0.05, 0) is 48.9 Å². The minimum Gasteiger partial charge on any atom is -0.0843 e. The highest BCUT2D eigenvalue weighted by atomic mass is 35.5. The summed E-state index contributed by atoms with van der Waals surface area (Å²) in [6.45, 7) is 0. The average Bonchev–Trinajstić information content (AvgIpc) is 2.28. The van der Waals surface area contributed by atoms with Crippen molar-refractivity contribution in [3.05, 3.63) is 34.3 Å². The van der Waals surface area contributed by atoms with Gasteiger partial charge in [0.2, 0.25) is 0 Å². The first kappa shape index (κ1) is 8.12. The Morgan fingerprint density at radius 1 is 0.917 bits per heavy atom. The molecule has 0 amide bonds. The van der Waals surface area contributed by atoms with E-state index in [1.54, 1.807) is 0 Å². The number of benzene rings is 1. The molecule has 0 bridgehead atoms. The molecule has 1 aliphatic rings. The van der Waals surface area contributed by atoms with Crippen LogP contribution in [0, 0.1) is 0 Å². The maximum Gasteiger partial charge on any atom is 0.0408 e. The molecule has 0 unspecified atom stereocenters. The van der Waals surface area contributed by atoms with Crippen LogP contribution in [0.15, 0.2) is 18.2 Å². The molecule has 0 radical (unpaired) electrons. The van der Waals surface area contributed by atoms with E-state index in [0.717, 1.165) is 5.02 Å². The van der Waals surface area contributed by atoms with Crippen LogP contribution in [-0.4, -0.2) is 0 Å². The average molecular weight is 181 g/mol. The Balaban J connectivity index is 2.36. The van der Waals surface area contributed by atoms with E-state index in [1.807, 2.05) is 6.07 Å². The fourth-order valence-electron chi connectivity index (χ4n) is 1.88. The molecule has 1 aliphatic carbocycles. The first-order valence-electron chi connectivity index (χ1n) is 4.63. The smallest absolute Gasteiger partial charge is 0.0408 e. The maximum absolute atomic E-state index is 5.93. The highest BCUT2D eigenvalue weighted by Gasteiger charge is 2.07. The van der Waals surface area contributed by atoms with Crippen LogP contribution >= 0.6 is 11.6 Å². The summed E-state index contributed by atoms with van der Waals surface area (Å²) in [6, 6.07) is 6.32. The first-order valence-corrected chi connectivity index (χ1v) is 5.01. The molecule has 0 aromatic heterocycles. The lowest BCUT2D eigenvalue weighted by atomic mass is 10.0. The Morgan fingerprint density at radius 2 is 1.67 bits per heavy atom. The van der Waals surface area contributed by atoms with Crippen molar-refractivity contribution in [2.75, 3.05) is 0 Å². The van der Waals surface area contributed by atoms with Crippen molar-refractivity contribution in [3.63, 3.8) is 0 Å². The summed E-state index contributed by atoms with van der Waals surface area (Å²) in [6.07, 6.45) is 6.50. The second-order valence-electron chi connectivity index (χ2n) is 3.47. The van der Waals surface area contributed by atoms with Gasteiger partial charge in [0, 0.05) is 5.02 Å². The van der Waals surface area contributed by atoms with Gasteiger partial charge in [-0.25, -0.2) is 0 Å². The fourth-order valence-corrected chi connectivity index (χ4v) is 2.07. The third-order valence-corrected chi connectivity index (χ3v) is 2.80. The standard InChI is InChI=1S/C11H13Cl/c12-11-7-6-9-4-2-1-3-5-10(9)8-11/h6-8H,1-5H2. The van der Waals surface area contributed by atoms with Gasteiger partial charge < -0.3 is 0 Å². The normalized spacial score (nSPS) is 16.8. The molecular weight excluding hydrogens is 168 g/mol. The third-order valence-electron chi connectivity index (χ3n) is 2.56. The summed E-state index contributed by atoms with van der Waals surface area (Å²) >= 11 is 5.93. The van der Waals surface area contributed by atoms with E-state index >= 15 is 0 Å². The van der Waals surface area contributed by atoms with Crippen molar-refractivity contribution in [3.8, 4) is 0 Å². The van der Waals surface area contributed by atoms with Crippen LogP contribution in [0.4, 0.5) is 0 Å². The molecule has 0 saturated carbocycles. The summed E-state index contributed by atoms with van der Waals surface area (Å²) in [7, 11) is 0. The summed E-state index contributed by atoms with van der Waals surface area (Å²) in [5.41, 5.74) is 2.98. The zero-order chi connectivity index (χ0) is 8.39. The van der Waals surface area contributed by atoms with Gasteiger partial charge in [0.05, 0.1) is 0 Å². The molecule has 0 atom stereocenters. The van der Waals surface area contributed by atoms with Gasteiger partial charge in [0.15, 0.2) is 0 Å². The Labute approximate surface area is 78.6 Å². The van der Waals surface area contributed by atoms with Gasteiger partial charge in [0.1, 0.15) is 0 Å². The van der Waals surface area contributed by atoms with Crippen LogP contribution < -0.4 is 0 Å². The van der Waals surface area contributed by atoms with Gasteiger partial charge in [-0.2, -0.15) is 0 Å². The molecular formula is C11H13Cl. The number of halogens is 1. The molecule has 1 aromatic carbocycles. The Bertz CT molecular complexity index is 278. The van der Waals surface area contributed by atoms with Gasteiger partial charge in [-0.1, -0.05) is 24.1 Å². The van der Waals surface area contributed by atoms with Crippen LogP contribution in [0.3, 0.4) is 0 Å². The molecule has 0 N–H and O–H groups in total. The Kier molecular flexibility index (Phi) is 2.36. The Morgan fingerprint density at radius 3 is 2.50 bits per heavy atom. The zero-order valence-corrected chi connectivity index (χ0v) is 7.90. The highest BCUT2D eigenvalue weighted by molar-refractivity contribution is 6.30. The van der Waals surface area contributed by atoms with Gasteiger partial charge in [-0.3, -0.25) is 0 Å². The summed E-state index contributed by atoms with van der Waals surface area (Å²) in [5.74, 6) is 0. The van der Waals surface area contributed by atoms with E-state index in [9.17, 15) is 0 Å². The number of hydrogen-bond donors (Lipinski definition) is 0. The summed E-state index contributed by atoms with van der Waals surface area (Å²) < 4.78 is 0. The van der Waals surface area contributed by atoms with E-state index in [-0.39, 0.29) is 0 Å². The van der Waals surface area contributed by atoms with Crippen LogP contribution in [0.25, 0.3) is 0 Å². The van der Waals surface area contributed by atoms with Crippen molar-refractivity contribution in [1.82, 2.24) is 0 Å². The molecule has 64 valence electrons. The Hall–Kier alpha value is -0.490. The number of hydrogen-bond acceptors (Lipinski definition) is 0. The van der Waals surface area contributed by atoms with Crippen LogP contribution in [0.5, 0.6) is 0 Å².